The lowest BCUT2D eigenvalue weighted by Crippen LogP contribution is -2.48. The highest BCUT2D eigenvalue weighted by atomic mass is 79.9. The van der Waals surface area contributed by atoms with Crippen LogP contribution in [0.4, 0.5) is 5.69 Å². The van der Waals surface area contributed by atoms with Gasteiger partial charge in [0.25, 0.3) is 5.91 Å². The minimum absolute atomic E-state index is 0.113. The molecule has 0 saturated carbocycles. The molecule has 5 heteroatoms. The fraction of sp³-hybridized carbons (Fsp3) is 0.350. The van der Waals surface area contributed by atoms with E-state index in [4.69, 9.17) is 0 Å². The van der Waals surface area contributed by atoms with E-state index < -0.39 is 0 Å². The van der Waals surface area contributed by atoms with Gasteiger partial charge < -0.3 is 14.7 Å². The van der Waals surface area contributed by atoms with Crippen LogP contribution in [0.25, 0.3) is 0 Å². The fourth-order valence-corrected chi connectivity index (χ4v) is 3.59. The SMILES string of the molecule is CN(C)Cc1cccc(N2CCN(C(=O)c3cccc(Br)c3)CC2)c1. The monoisotopic (exact) mass is 401 g/mol. The van der Waals surface area contributed by atoms with Gasteiger partial charge in [-0.3, -0.25) is 4.79 Å². The molecule has 0 radical (unpaired) electrons. The first-order chi connectivity index (χ1) is 12.0. The van der Waals surface area contributed by atoms with Gasteiger partial charge in [-0.25, -0.2) is 0 Å². The van der Waals surface area contributed by atoms with Crippen molar-refractivity contribution in [2.24, 2.45) is 0 Å². The summed E-state index contributed by atoms with van der Waals surface area (Å²) in [7, 11) is 4.16. The second-order valence-electron chi connectivity index (χ2n) is 6.70. The second kappa shape index (κ2) is 8.02. The van der Waals surface area contributed by atoms with Crippen LogP contribution in [-0.2, 0) is 6.54 Å². The maximum Gasteiger partial charge on any atom is 0.254 e. The summed E-state index contributed by atoms with van der Waals surface area (Å²) in [5.74, 6) is 0.113. The van der Waals surface area contributed by atoms with Gasteiger partial charge in [-0.15, -0.1) is 0 Å². The number of carbonyl (C=O) groups is 1. The van der Waals surface area contributed by atoms with Crippen LogP contribution in [0, 0.1) is 0 Å². The van der Waals surface area contributed by atoms with E-state index in [1.54, 1.807) is 0 Å². The number of piperazine rings is 1. The largest absolute Gasteiger partial charge is 0.368 e. The zero-order chi connectivity index (χ0) is 17.8. The lowest BCUT2D eigenvalue weighted by molar-refractivity contribution is 0.0746. The molecule has 0 aromatic heterocycles. The van der Waals surface area contributed by atoms with Crippen molar-refractivity contribution in [1.82, 2.24) is 9.80 Å². The first-order valence-corrected chi connectivity index (χ1v) is 9.36. The number of amides is 1. The molecule has 0 aliphatic carbocycles. The molecule has 0 atom stereocenters. The van der Waals surface area contributed by atoms with Crippen LogP contribution in [0.5, 0.6) is 0 Å². The number of rotatable bonds is 4. The molecule has 3 rings (SSSR count). The van der Waals surface area contributed by atoms with E-state index in [0.29, 0.717) is 0 Å². The summed E-state index contributed by atoms with van der Waals surface area (Å²) in [5, 5.41) is 0. The average Bonchev–Trinajstić information content (AvgIpc) is 2.61. The van der Waals surface area contributed by atoms with Crippen molar-refractivity contribution < 1.29 is 4.79 Å². The molecular weight excluding hydrogens is 378 g/mol. The third kappa shape index (κ3) is 4.61. The Balaban J connectivity index is 1.63. The van der Waals surface area contributed by atoms with Crippen LogP contribution in [0.15, 0.2) is 53.0 Å². The number of nitrogens with zero attached hydrogens (tertiary/aromatic N) is 3. The van der Waals surface area contributed by atoms with Gasteiger partial charge in [0.05, 0.1) is 0 Å². The Morgan fingerprint density at radius 1 is 1.04 bits per heavy atom. The zero-order valence-electron chi connectivity index (χ0n) is 14.8. The molecule has 0 N–H and O–H groups in total. The van der Waals surface area contributed by atoms with E-state index >= 15 is 0 Å². The van der Waals surface area contributed by atoms with E-state index in [2.05, 4.69) is 64.1 Å². The highest BCUT2D eigenvalue weighted by Gasteiger charge is 2.22. The summed E-state index contributed by atoms with van der Waals surface area (Å²) in [4.78, 5) is 19.1. The molecule has 2 aromatic rings. The molecule has 25 heavy (non-hydrogen) atoms. The molecule has 1 amide bonds. The van der Waals surface area contributed by atoms with E-state index in [-0.39, 0.29) is 5.91 Å². The standard InChI is InChI=1S/C20H24BrN3O/c1-22(2)15-16-5-3-8-19(13-16)23-9-11-24(12-10-23)20(25)17-6-4-7-18(21)14-17/h3-8,13-14H,9-12,15H2,1-2H3. The lowest BCUT2D eigenvalue weighted by Gasteiger charge is -2.36. The summed E-state index contributed by atoms with van der Waals surface area (Å²) in [6.45, 7) is 4.18. The molecule has 1 aliphatic rings. The predicted octanol–water partition coefficient (Wildman–Crippen LogP) is 3.47. The second-order valence-corrected chi connectivity index (χ2v) is 7.61. The predicted molar refractivity (Wildman–Crippen MR) is 106 cm³/mol. The van der Waals surface area contributed by atoms with Crippen LogP contribution >= 0.6 is 15.9 Å². The highest BCUT2D eigenvalue weighted by molar-refractivity contribution is 9.10. The first kappa shape index (κ1) is 18.0. The van der Waals surface area contributed by atoms with Gasteiger partial charge in [-0.05, 0) is 50.0 Å². The third-order valence-electron chi connectivity index (χ3n) is 4.41. The van der Waals surface area contributed by atoms with Crippen molar-refractivity contribution in [2.75, 3.05) is 45.2 Å². The Kier molecular flexibility index (Phi) is 5.76. The van der Waals surface area contributed by atoms with E-state index in [9.17, 15) is 4.79 Å². The molecule has 1 fully saturated rings. The third-order valence-corrected chi connectivity index (χ3v) is 4.91. The Labute approximate surface area is 158 Å². The summed E-state index contributed by atoms with van der Waals surface area (Å²) >= 11 is 3.44. The average molecular weight is 402 g/mol. The number of benzene rings is 2. The minimum atomic E-state index is 0.113. The van der Waals surface area contributed by atoms with Gasteiger partial charge in [-0.1, -0.05) is 34.1 Å². The normalized spacial score (nSPS) is 14.9. The molecule has 4 nitrogen and oxygen atoms in total. The lowest BCUT2D eigenvalue weighted by atomic mass is 10.1. The van der Waals surface area contributed by atoms with Crippen molar-refractivity contribution in [2.45, 2.75) is 6.54 Å². The van der Waals surface area contributed by atoms with Crippen molar-refractivity contribution in [1.29, 1.82) is 0 Å². The van der Waals surface area contributed by atoms with Crippen LogP contribution in [0.2, 0.25) is 0 Å². The van der Waals surface area contributed by atoms with Crippen molar-refractivity contribution >= 4 is 27.5 Å². The number of halogens is 1. The molecule has 2 aromatic carbocycles. The zero-order valence-corrected chi connectivity index (χ0v) is 16.4. The van der Waals surface area contributed by atoms with Crippen molar-refractivity contribution in [3.63, 3.8) is 0 Å². The van der Waals surface area contributed by atoms with Crippen molar-refractivity contribution in [3.8, 4) is 0 Å². The van der Waals surface area contributed by atoms with Gasteiger partial charge in [-0.2, -0.15) is 0 Å². The van der Waals surface area contributed by atoms with E-state index in [1.165, 1.54) is 11.3 Å². The molecule has 0 bridgehead atoms. The maximum atomic E-state index is 12.7. The van der Waals surface area contributed by atoms with Crippen LogP contribution in [0.1, 0.15) is 15.9 Å². The molecular formula is C20H24BrN3O. The summed E-state index contributed by atoms with van der Waals surface area (Å²) in [6.07, 6.45) is 0. The molecule has 0 unspecified atom stereocenters. The van der Waals surface area contributed by atoms with Crippen LogP contribution < -0.4 is 4.90 Å². The van der Waals surface area contributed by atoms with Gasteiger partial charge in [0, 0.05) is 48.4 Å². The smallest absolute Gasteiger partial charge is 0.254 e. The quantitative estimate of drug-likeness (QED) is 0.784. The molecule has 1 saturated heterocycles. The molecule has 132 valence electrons. The topological polar surface area (TPSA) is 26.8 Å². The summed E-state index contributed by atoms with van der Waals surface area (Å²) < 4.78 is 0.940. The Hall–Kier alpha value is -1.85. The Bertz CT molecular complexity index is 739. The minimum Gasteiger partial charge on any atom is -0.368 e. The Morgan fingerprint density at radius 2 is 1.76 bits per heavy atom. The van der Waals surface area contributed by atoms with E-state index in [0.717, 1.165) is 42.8 Å². The first-order valence-electron chi connectivity index (χ1n) is 8.56. The van der Waals surface area contributed by atoms with Crippen molar-refractivity contribution in [3.05, 3.63) is 64.1 Å². The molecule has 1 heterocycles. The van der Waals surface area contributed by atoms with Gasteiger partial charge >= 0.3 is 0 Å². The summed E-state index contributed by atoms with van der Waals surface area (Å²) in [6, 6.07) is 16.3. The number of anilines is 1. The van der Waals surface area contributed by atoms with E-state index in [1.807, 2.05) is 29.2 Å². The van der Waals surface area contributed by atoms with Gasteiger partial charge in [0.2, 0.25) is 0 Å². The number of carbonyl (C=O) groups excluding carboxylic acids is 1. The Morgan fingerprint density at radius 3 is 2.44 bits per heavy atom. The fourth-order valence-electron chi connectivity index (χ4n) is 3.19. The summed E-state index contributed by atoms with van der Waals surface area (Å²) in [5.41, 5.74) is 3.31. The van der Waals surface area contributed by atoms with Crippen LogP contribution in [0.3, 0.4) is 0 Å². The molecule has 0 spiro atoms. The van der Waals surface area contributed by atoms with Crippen LogP contribution in [-0.4, -0.2) is 56.0 Å². The molecule has 1 aliphatic heterocycles. The number of hydrogen-bond donors (Lipinski definition) is 0. The maximum absolute atomic E-state index is 12.7. The van der Waals surface area contributed by atoms with Gasteiger partial charge in [0.1, 0.15) is 0 Å². The highest BCUT2D eigenvalue weighted by Crippen LogP contribution is 2.20. The number of hydrogen-bond acceptors (Lipinski definition) is 3. The van der Waals surface area contributed by atoms with Gasteiger partial charge in [0.15, 0.2) is 0 Å².